The maximum Gasteiger partial charge on any atom is 0.0689 e. The largest absolute Gasteiger partial charge is 0.384 e. The van der Waals surface area contributed by atoms with Crippen molar-refractivity contribution >= 4 is 5.69 Å². The summed E-state index contributed by atoms with van der Waals surface area (Å²) in [6.07, 6.45) is 8.80. The van der Waals surface area contributed by atoms with Crippen LogP contribution in [0.2, 0.25) is 0 Å². The van der Waals surface area contributed by atoms with Crippen LogP contribution >= 0.6 is 0 Å². The molecule has 1 aromatic rings. The third-order valence-corrected chi connectivity index (χ3v) is 3.25. The van der Waals surface area contributed by atoms with Crippen molar-refractivity contribution in [1.29, 1.82) is 0 Å². The van der Waals surface area contributed by atoms with Crippen LogP contribution in [0, 0.1) is 12.3 Å². The van der Waals surface area contributed by atoms with Crippen LogP contribution in [0.5, 0.6) is 0 Å². The van der Waals surface area contributed by atoms with E-state index in [4.69, 9.17) is 6.42 Å². The fourth-order valence-electron chi connectivity index (χ4n) is 2.32. The predicted octanol–water partition coefficient (Wildman–Crippen LogP) is 2.55. The summed E-state index contributed by atoms with van der Waals surface area (Å²) in [5.74, 6) is 2.81. The summed E-state index contributed by atoms with van der Waals surface area (Å²) in [6, 6.07) is 6.69. The van der Waals surface area contributed by atoms with E-state index in [0.29, 0.717) is 0 Å². The lowest BCUT2D eigenvalue weighted by Crippen LogP contribution is -2.27. The van der Waals surface area contributed by atoms with Crippen LogP contribution in [0.4, 0.5) is 5.69 Å². The predicted molar refractivity (Wildman–Crippen MR) is 73.0 cm³/mol. The second-order valence-corrected chi connectivity index (χ2v) is 4.52. The number of benzene rings is 1. The molecule has 2 nitrogen and oxygen atoms in total. The average molecular weight is 228 g/mol. The van der Waals surface area contributed by atoms with Crippen LogP contribution in [0.1, 0.15) is 30.9 Å². The number of para-hydroxylation sites is 1. The third-order valence-electron chi connectivity index (χ3n) is 3.25. The molecule has 90 valence electrons. The molecule has 17 heavy (non-hydrogen) atoms. The molecule has 1 unspecified atom stereocenters. The van der Waals surface area contributed by atoms with Gasteiger partial charge >= 0.3 is 0 Å². The van der Waals surface area contributed by atoms with Crippen molar-refractivity contribution < 1.29 is 0 Å². The van der Waals surface area contributed by atoms with Gasteiger partial charge in [0.15, 0.2) is 0 Å². The van der Waals surface area contributed by atoms with Crippen molar-refractivity contribution in [1.82, 2.24) is 5.32 Å². The van der Waals surface area contributed by atoms with Gasteiger partial charge in [-0.15, -0.1) is 6.42 Å². The van der Waals surface area contributed by atoms with Gasteiger partial charge in [-0.2, -0.15) is 0 Å². The number of nitrogens with one attached hydrogen (secondary N) is 2. The summed E-state index contributed by atoms with van der Waals surface area (Å²) in [5, 5.41) is 6.89. The Balaban J connectivity index is 2.00. The Bertz CT molecular complexity index is 417. The lowest BCUT2D eigenvalue weighted by atomic mass is 10.1. The zero-order valence-electron chi connectivity index (χ0n) is 10.4. The first-order valence-electron chi connectivity index (χ1n) is 6.39. The van der Waals surface area contributed by atoms with Gasteiger partial charge in [0.05, 0.1) is 6.04 Å². The number of hydrogen-bond acceptors (Lipinski definition) is 2. The van der Waals surface area contributed by atoms with Crippen molar-refractivity contribution in [3.8, 4) is 12.3 Å². The molecule has 2 heteroatoms. The van der Waals surface area contributed by atoms with E-state index >= 15 is 0 Å². The molecule has 2 rings (SSSR count). The molecular weight excluding hydrogens is 208 g/mol. The lowest BCUT2D eigenvalue weighted by molar-refractivity contribution is 0.563. The molecule has 1 aliphatic heterocycles. The van der Waals surface area contributed by atoms with E-state index in [1.165, 1.54) is 16.8 Å². The van der Waals surface area contributed by atoms with Crippen LogP contribution in [-0.4, -0.2) is 12.6 Å². The molecule has 0 saturated heterocycles. The molecule has 2 N–H and O–H groups in total. The second-order valence-electron chi connectivity index (χ2n) is 4.52. The first-order valence-corrected chi connectivity index (χ1v) is 6.39. The summed E-state index contributed by atoms with van der Waals surface area (Å²) in [7, 11) is 0. The number of fused-ring (bicyclic) bond motifs is 1. The Kier molecular flexibility index (Phi) is 4.06. The first kappa shape index (κ1) is 12.0. The monoisotopic (exact) mass is 228 g/mol. The summed E-state index contributed by atoms with van der Waals surface area (Å²) in [5.41, 5.74) is 4.07. The number of terminal acetylenes is 1. The molecule has 0 aliphatic carbocycles. The molecule has 1 aromatic carbocycles. The fraction of sp³-hybridized carbons (Fsp3) is 0.467. The first-order chi connectivity index (χ1) is 8.35. The lowest BCUT2D eigenvalue weighted by Gasteiger charge is -2.14. The van der Waals surface area contributed by atoms with Crippen LogP contribution in [0.15, 0.2) is 18.2 Å². The molecule has 0 bridgehead atoms. The van der Waals surface area contributed by atoms with E-state index in [9.17, 15) is 0 Å². The minimum absolute atomic E-state index is 0.192. The van der Waals surface area contributed by atoms with Crippen LogP contribution in [0.3, 0.4) is 0 Å². The molecule has 1 aliphatic rings. The van der Waals surface area contributed by atoms with Gasteiger partial charge in [0.2, 0.25) is 0 Å². The van der Waals surface area contributed by atoms with E-state index in [1.54, 1.807) is 0 Å². The Labute approximate surface area is 104 Å². The number of rotatable bonds is 5. The molecule has 0 spiro atoms. The molecular formula is C15H20N2. The summed E-state index contributed by atoms with van der Waals surface area (Å²) >= 11 is 0. The van der Waals surface area contributed by atoms with E-state index < -0.39 is 0 Å². The Morgan fingerprint density at radius 1 is 1.53 bits per heavy atom. The van der Waals surface area contributed by atoms with Crippen molar-refractivity contribution in [2.24, 2.45) is 0 Å². The minimum Gasteiger partial charge on any atom is -0.384 e. The molecule has 1 heterocycles. The van der Waals surface area contributed by atoms with Gasteiger partial charge in [-0.05, 0) is 24.0 Å². The fourth-order valence-corrected chi connectivity index (χ4v) is 2.32. The zero-order chi connectivity index (χ0) is 12.1. The standard InChI is InChI=1S/C15H20N2/c1-3-6-14(4-2)17-11-13-8-5-7-12-9-10-16-15(12)13/h2,5,7-8,14,16-17H,3,6,9-11H2,1H3. The van der Waals surface area contributed by atoms with Gasteiger partial charge in [0.1, 0.15) is 0 Å². The molecule has 1 atom stereocenters. The summed E-state index contributed by atoms with van der Waals surface area (Å²) in [4.78, 5) is 0. The Hall–Kier alpha value is -1.46. The van der Waals surface area contributed by atoms with Crippen molar-refractivity contribution in [3.63, 3.8) is 0 Å². The SMILES string of the molecule is C#CC(CCC)NCc1cccc2c1NCC2. The highest BCUT2D eigenvalue weighted by molar-refractivity contribution is 5.61. The van der Waals surface area contributed by atoms with Crippen molar-refractivity contribution in [2.45, 2.75) is 38.8 Å². The molecule has 0 radical (unpaired) electrons. The Morgan fingerprint density at radius 2 is 2.41 bits per heavy atom. The highest BCUT2D eigenvalue weighted by atomic mass is 14.9. The maximum absolute atomic E-state index is 5.51. The summed E-state index contributed by atoms with van der Waals surface area (Å²) < 4.78 is 0. The van der Waals surface area contributed by atoms with Crippen LogP contribution < -0.4 is 10.6 Å². The molecule has 0 saturated carbocycles. The van der Waals surface area contributed by atoms with E-state index in [0.717, 1.165) is 32.4 Å². The van der Waals surface area contributed by atoms with E-state index in [2.05, 4.69) is 41.7 Å². The van der Waals surface area contributed by atoms with E-state index in [-0.39, 0.29) is 6.04 Å². The quantitative estimate of drug-likeness (QED) is 0.757. The van der Waals surface area contributed by atoms with Gasteiger partial charge in [-0.1, -0.05) is 37.5 Å². The molecule has 0 aromatic heterocycles. The highest BCUT2D eigenvalue weighted by Crippen LogP contribution is 2.26. The summed E-state index contributed by atoms with van der Waals surface area (Å²) in [6.45, 7) is 4.07. The topological polar surface area (TPSA) is 24.1 Å². The van der Waals surface area contributed by atoms with Gasteiger partial charge in [0, 0.05) is 18.8 Å². The highest BCUT2D eigenvalue weighted by Gasteiger charge is 2.13. The minimum atomic E-state index is 0.192. The van der Waals surface area contributed by atoms with Crippen LogP contribution in [0.25, 0.3) is 0 Å². The smallest absolute Gasteiger partial charge is 0.0689 e. The molecule has 0 amide bonds. The van der Waals surface area contributed by atoms with Crippen LogP contribution in [-0.2, 0) is 13.0 Å². The Morgan fingerprint density at radius 3 is 3.18 bits per heavy atom. The van der Waals surface area contributed by atoms with Gasteiger partial charge < -0.3 is 5.32 Å². The van der Waals surface area contributed by atoms with Crippen molar-refractivity contribution in [2.75, 3.05) is 11.9 Å². The average Bonchev–Trinajstić information content (AvgIpc) is 2.83. The van der Waals surface area contributed by atoms with E-state index in [1.807, 2.05) is 0 Å². The zero-order valence-corrected chi connectivity index (χ0v) is 10.4. The van der Waals surface area contributed by atoms with Gasteiger partial charge in [-0.3, -0.25) is 5.32 Å². The number of anilines is 1. The normalized spacial score (nSPS) is 14.8. The maximum atomic E-state index is 5.51. The van der Waals surface area contributed by atoms with Crippen molar-refractivity contribution in [3.05, 3.63) is 29.3 Å². The number of hydrogen-bond donors (Lipinski definition) is 2. The second kappa shape index (κ2) is 5.75. The van der Waals surface area contributed by atoms with Gasteiger partial charge in [-0.25, -0.2) is 0 Å². The molecule has 0 fully saturated rings. The third kappa shape index (κ3) is 2.81. The van der Waals surface area contributed by atoms with Gasteiger partial charge in [0.25, 0.3) is 0 Å².